The average molecular weight is 278 g/mol. The number of carbonyl (C=O) groups is 2. The molecule has 19 heavy (non-hydrogen) atoms. The maximum absolute atomic E-state index is 12.4. The first-order valence-corrected chi connectivity index (χ1v) is 7.28. The van der Waals surface area contributed by atoms with Crippen molar-refractivity contribution < 1.29 is 14.7 Å². The summed E-state index contributed by atoms with van der Waals surface area (Å²) in [5, 5.41) is 12.3. The molecule has 0 saturated carbocycles. The van der Waals surface area contributed by atoms with Crippen LogP contribution in [0.25, 0.3) is 0 Å². The minimum Gasteiger partial charge on any atom is -0.480 e. The Morgan fingerprint density at radius 3 is 2.89 bits per heavy atom. The number of hydrogen-bond donors (Lipinski definition) is 2. The Kier molecular flexibility index (Phi) is 3.10. The van der Waals surface area contributed by atoms with Gasteiger partial charge in [0.15, 0.2) is 0 Å². The van der Waals surface area contributed by atoms with Crippen LogP contribution in [-0.2, 0) is 16.0 Å². The van der Waals surface area contributed by atoms with Gasteiger partial charge in [0.05, 0.1) is 5.88 Å². The monoisotopic (exact) mass is 278 g/mol. The summed E-state index contributed by atoms with van der Waals surface area (Å²) in [5.74, 6) is -0.104. The van der Waals surface area contributed by atoms with Crippen LogP contribution in [0.5, 0.6) is 0 Å². The Morgan fingerprint density at radius 1 is 1.37 bits per heavy atom. The predicted molar refractivity (Wildman–Crippen MR) is 73.2 cm³/mol. The van der Waals surface area contributed by atoms with E-state index in [1.807, 2.05) is 24.3 Å². The predicted octanol–water partition coefficient (Wildman–Crippen LogP) is 1.01. The molecule has 0 unspecified atom stereocenters. The molecule has 0 spiro atoms. The van der Waals surface area contributed by atoms with Gasteiger partial charge in [-0.15, -0.1) is 11.8 Å². The van der Waals surface area contributed by atoms with Crippen molar-refractivity contribution in [2.75, 3.05) is 16.9 Å². The number of carboxylic acid groups (broad SMARTS) is 1. The number of amides is 1. The molecule has 0 aromatic heterocycles. The molecule has 1 aromatic rings. The van der Waals surface area contributed by atoms with E-state index in [0.29, 0.717) is 18.1 Å². The molecule has 2 aliphatic heterocycles. The zero-order valence-electron chi connectivity index (χ0n) is 10.2. The minimum absolute atomic E-state index is 0.117. The third-order valence-electron chi connectivity index (χ3n) is 3.52. The minimum atomic E-state index is -0.922. The molecule has 2 aliphatic rings. The first-order chi connectivity index (χ1) is 9.16. The van der Waals surface area contributed by atoms with Gasteiger partial charge in [-0.25, -0.2) is 4.79 Å². The lowest BCUT2D eigenvalue weighted by Crippen LogP contribution is -2.48. The number of aliphatic carboxylic acids is 1. The first kappa shape index (κ1) is 12.3. The molecule has 6 heteroatoms. The second kappa shape index (κ2) is 4.77. The average Bonchev–Trinajstić information content (AvgIpc) is 3.04. The molecule has 5 nitrogen and oxygen atoms in total. The number of anilines is 1. The number of carbonyl (C=O) groups excluding carboxylic acids is 1. The number of para-hydroxylation sites is 1. The Balaban J connectivity index is 1.74. The fourth-order valence-corrected chi connectivity index (χ4v) is 3.67. The van der Waals surface area contributed by atoms with Gasteiger partial charge in [0, 0.05) is 17.9 Å². The largest absolute Gasteiger partial charge is 0.480 e. The third kappa shape index (κ3) is 2.16. The Morgan fingerprint density at radius 2 is 2.16 bits per heavy atom. The van der Waals surface area contributed by atoms with E-state index in [9.17, 15) is 9.59 Å². The Bertz CT molecular complexity index is 509. The van der Waals surface area contributed by atoms with Crippen LogP contribution in [0, 0.1) is 0 Å². The molecule has 2 atom stereocenters. The normalized spacial score (nSPS) is 24.9. The number of fused-ring (bicyclic) bond motifs is 1. The number of nitrogens with one attached hydrogen (secondary N) is 1. The molecule has 0 bridgehead atoms. The molecule has 1 aromatic carbocycles. The molecule has 1 saturated heterocycles. The fourth-order valence-electron chi connectivity index (χ4n) is 2.51. The van der Waals surface area contributed by atoms with Crippen molar-refractivity contribution in [3.8, 4) is 0 Å². The van der Waals surface area contributed by atoms with Crippen LogP contribution in [0.15, 0.2) is 24.3 Å². The summed E-state index contributed by atoms with van der Waals surface area (Å²) < 4.78 is 0. The highest BCUT2D eigenvalue weighted by Crippen LogP contribution is 2.29. The van der Waals surface area contributed by atoms with Crippen LogP contribution < -0.4 is 5.32 Å². The van der Waals surface area contributed by atoms with Crippen molar-refractivity contribution in [2.45, 2.75) is 18.5 Å². The van der Waals surface area contributed by atoms with Crippen LogP contribution in [0.4, 0.5) is 5.69 Å². The molecule has 1 amide bonds. The van der Waals surface area contributed by atoms with E-state index in [1.54, 1.807) is 0 Å². The number of benzene rings is 1. The number of nitrogens with zero attached hydrogens (tertiary/aromatic N) is 1. The van der Waals surface area contributed by atoms with Gasteiger partial charge in [0.25, 0.3) is 0 Å². The second-order valence-electron chi connectivity index (χ2n) is 4.72. The van der Waals surface area contributed by atoms with E-state index in [-0.39, 0.29) is 11.9 Å². The van der Waals surface area contributed by atoms with Crippen molar-refractivity contribution in [2.24, 2.45) is 0 Å². The van der Waals surface area contributed by atoms with E-state index in [2.05, 4.69) is 5.32 Å². The zero-order valence-corrected chi connectivity index (χ0v) is 11.0. The molecular formula is C13H14N2O3S. The van der Waals surface area contributed by atoms with Crippen molar-refractivity contribution in [3.63, 3.8) is 0 Å². The van der Waals surface area contributed by atoms with E-state index >= 15 is 0 Å². The number of rotatable bonds is 2. The van der Waals surface area contributed by atoms with Gasteiger partial charge < -0.3 is 15.3 Å². The summed E-state index contributed by atoms with van der Waals surface area (Å²) in [5.41, 5.74) is 2.08. The zero-order chi connectivity index (χ0) is 13.4. The maximum Gasteiger partial charge on any atom is 0.327 e. The smallest absolute Gasteiger partial charge is 0.327 e. The van der Waals surface area contributed by atoms with E-state index in [0.717, 1.165) is 11.3 Å². The summed E-state index contributed by atoms with van der Waals surface area (Å²) in [6.07, 6.45) is 0.627. The van der Waals surface area contributed by atoms with Crippen LogP contribution in [0.1, 0.15) is 5.56 Å². The van der Waals surface area contributed by atoms with Crippen molar-refractivity contribution in [1.82, 2.24) is 4.90 Å². The van der Waals surface area contributed by atoms with Crippen LogP contribution >= 0.6 is 11.8 Å². The van der Waals surface area contributed by atoms with Crippen LogP contribution in [0.3, 0.4) is 0 Å². The first-order valence-electron chi connectivity index (χ1n) is 6.12. The lowest BCUT2D eigenvalue weighted by molar-refractivity contribution is -0.148. The van der Waals surface area contributed by atoms with E-state index in [1.165, 1.54) is 16.7 Å². The van der Waals surface area contributed by atoms with Gasteiger partial charge >= 0.3 is 5.97 Å². The highest BCUT2D eigenvalue weighted by Gasteiger charge is 2.39. The van der Waals surface area contributed by atoms with Crippen LogP contribution in [0.2, 0.25) is 0 Å². The maximum atomic E-state index is 12.4. The van der Waals surface area contributed by atoms with Crippen molar-refractivity contribution in [3.05, 3.63) is 29.8 Å². The summed E-state index contributed by atoms with van der Waals surface area (Å²) in [6.45, 7) is 0. The fraction of sp³-hybridized carbons (Fsp3) is 0.385. The molecule has 3 rings (SSSR count). The van der Waals surface area contributed by atoms with Gasteiger partial charge in [-0.3, -0.25) is 4.79 Å². The standard InChI is InChI=1S/C13H14N2O3S/c16-12(15-7-19-6-11(15)13(17)18)10-5-8-3-1-2-4-9(8)14-10/h1-4,10-11,14H,5-7H2,(H,17,18)/t10-,11-/m0/s1. The SMILES string of the molecule is O=C(O)[C@@H]1CSCN1C(=O)[C@@H]1Cc2ccccc2N1. The highest BCUT2D eigenvalue weighted by molar-refractivity contribution is 7.99. The number of hydrogen-bond acceptors (Lipinski definition) is 4. The lowest BCUT2D eigenvalue weighted by atomic mass is 10.1. The summed E-state index contributed by atoms with van der Waals surface area (Å²) in [6, 6.07) is 6.77. The van der Waals surface area contributed by atoms with Gasteiger partial charge in [0.2, 0.25) is 5.91 Å². The number of thioether (sulfide) groups is 1. The Labute approximate surface area is 115 Å². The van der Waals surface area contributed by atoms with Gasteiger partial charge in [0.1, 0.15) is 12.1 Å². The molecule has 1 fully saturated rings. The molecule has 2 N–H and O–H groups in total. The van der Waals surface area contributed by atoms with Crippen molar-refractivity contribution >= 4 is 29.3 Å². The van der Waals surface area contributed by atoms with E-state index in [4.69, 9.17) is 5.11 Å². The van der Waals surface area contributed by atoms with Gasteiger partial charge in [-0.1, -0.05) is 18.2 Å². The molecule has 0 radical (unpaired) electrons. The molecule has 100 valence electrons. The molecule has 0 aliphatic carbocycles. The van der Waals surface area contributed by atoms with Gasteiger partial charge in [-0.2, -0.15) is 0 Å². The second-order valence-corrected chi connectivity index (χ2v) is 5.72. The van der Waals surface area contributed by atoms with Crippen LogP contribution in [-0.4, -0.2) is 45.6 Å². The summed E-state index contributed by atoms with van der Waals surface area (Å²) in [4.78, 5) is 25.0. The molecular weight excluding hydrogens is 264 g/mol. The number of carboxylic acids is 1. The lowest BCUT2D eigenvalue weighted by Gasteiger charge is -2.24. The summed E-state index contributed by atoms with van der Waals surface area (Å²) in [7, 11) is 0. The summed E-state index contributed by atoms with van der Waals surface area (Å²) >= 11 is 1.49. The van der Waals surface area contributed by atoms with Crippen molar-refractivity contribution in [1.29, 1.82) is 0 Å². The molecule has 2 heterocycles. The van der Waals surface area contributed by atoms with E-state index < -0.39 is 12.0 Å². The highest BCUT2D eigenvalue weighted by atomic mass is 32.2. The topological polar surface area (TPSA) is 69.6 Å². The Hall–Kier alpha value is -1.69. The third-order valence-corrected chi connectivity index (χ3v) is 4.53. The van der Waals surface area contributed by atoms with Gasteiger partial charge in [-0.05, 0) is 11.6 Å². The quantitative estimate of drug-likeness (QED) is 0.845.